The fraction of sp³-hybridized carbons (Fsp3) is 0.318. The normalized spacial score (nSPS) is 12.2. The topological polar surface area (TPSA) is 54.3 Å². The van der Waals surface area contributed by atoms with Gasteiger partial charge >= 0.3 is 0 Å². The molecular weight excluding hydrogens is 420 g/mol. The van der Waals surface area contributed by atoms with Crippen molar-refractivity contribution >= 4 is 17.7 Å². The van der Waals surface area contributed by atoms with E-state index in [4.69, 9.17) is 0 Å². The predicted molar refractivity (Wildman–Crippen MR) is 117 cm³/mol. The molecule has 1 heterocycles. The number of halogens is 2. The van der Waals surface area contributed by atoms with Crippen molar-refractivity contribution in [1.82, 2.24) is 24.6 Å². The Labute approximate surface area is 184 Å². The Hall–Kier alpha value is -2.78. The molecule has 9 heteroatoms. The number of hydrogen-bond donors (Lipinski definition) is 0. The average molecular weight is 446 g/mol. The number of carbonyl (C=O) groups is 1. The first-order valence-corrected chi connectivity index (χ1v) is 10.7. The molecule has 0 N–H and O–H groups in total. The van der Waals surface area contributed by atoms with Crippen LogP contribution in [0.2, 0.25) is 0 Å². The SMILES string of the molecule is CC(c1nnc(SCC(=O)N(C)Cc2ccc(F)cc2)n1-c1ccc(F)cc1)N(C)C. The molecule has 164 valence electrons. The van der Waals surface area contributed by atoms with Crippen LogP contribution in [0.1, 0.15) is 24.4 Å². The Bertz CT molecular complexity index is 1020. The molecule has 1 amide bonds. The van der Waals surface area contributed by atoms with Gasteiger partial charge in [-0.25, -0.2) is 8.78 Å². The highest BCUT2D eigenvalue weighted by Crippen LogP contribution is 2.27. The van der Waals surface area contributed by atoms with Gasteiger partial charge in [0.05, 0.1) is 11.8 Å². The van der Waals surface area contributed by atoms with Crippen molar-refractivity contribution in [2.75, 3.05) is 26.9 Å². The van der Waals surface area contributed by atoms with Crippen LogP contribution in [-0.2, 0) is 11.3 Å². The Kier molecular flexibility index (Phi) is 7.40. The first-order chi connectivity index (χ1) is 14.8. The molecule has 0 fully saturated rings. The molecule has 6 nitrogen and oxygen atoms in total. The first kappa shape index (κ1) is 22.9. The molecule has 1 unspecified atom stereocenters. The summed E-state index contributed by atoms with van der Waals surface area (Å²) >= 11 is 1.27. The number of amides is 1. The zero-order valence-electron chi connectivity index (χ0n) is 17.9. The fourth-order valence-corrected chi connectivity index (χ4v) is 3.80. The predicted octanol–water partition coefficient (Wildman–Crippen LogP) is 3.92. The zero-order valence-corrected chi connectivity index (χ0v) is 18.7. The van der Waals surface area contributed by atoms with E-state index in [1.54, 1.807) is 36.2 Å². The van der Waals surface area contributed by atoms with Crippen molar-refractivity contribution in [3.8, 4) is 5.69 Å². The van der Waals surface area contributed by atoms with Crippen molar-refractivity contribution in [3.05, 3.63) is 71.6 Å². The Morgan fingerprint density at radius 2 is 1.58 bits per heavy atom. The second-order valence-corrected chi connectivity index (χ2v) is 8.40. The van der Waals surface area contributed by atoms with Gasteiger partial charge in [-0.3, -0.25) is 14.3 Å². The molecule has 2 aromatic carbocycles. The van der Waals surface area contributed by atoms with Gasteiger partial charge in [0.2, 0.25) is 5.91 Å². The molecule has 1 aromatic heterocycles. The lowest BCUT2D eigenvalue weighted by Crippen LogP contribution is -2.28. The summed E-state index contributed by atoms with van der Waals surface area (Å²) in [4.78, 5) is 16.2. The van der Waals surface area contributed by atoms with Crippen LogP contribution >= 0.6 is 11.8 Å². The maximum Gasteiger partial charge on any atom is 0.233 e. The van der Waals surface area contributed by atoms with Crippen molar-refractivity contribution in [2.45, 2.75) is 24.7 Å². The molecule has 0 aliphatic heterocycles. The number of hydrogen-bond acceptors (Lipinski definition) is 5. The summed E-state index contributed by atoms with van der Waals surface area (Å²) in [6.45, 7) is 2.38. The summed E-state index contributed by atoms with van der Waals surface area (Å²) in [5.74, 6) is 0.131. The van der Waals surface area contributed by atoms with Crippen LogP contribution in [0.3, 0.4) is 0 Å². The first-order valence-electron chi connectivity index (χ1n) is 9.75. The number of nitrogens with zero attached hydrogens (tertiary/aromatic N) is 5. The van der Waals surface area contributed by atoms with E-state index in [0.717, 1.165) is 11.3 Å². The lowest BCUT2D eigenvalue weighted by Gasteiger charge is -2.21. The van der Waals surface area contributed by atoms with Crippen LogP contribution in [0.4, 0.5) is 8.78 Å². The van der Waals surface area contributed by atoms with E-state index in [0.29, 0.717) is 17.5 Å². The van der Waals surface area contributed by atoms with Crippen LogP contribution in [0.15, 0.2) is 53.7 Å². The number of aromatic nitrogens is 3. The summed E-state index contributed by atoms with van der Waals surface area (Å²) in [6.07, 6.45) is 0. The molecule has 0 aliphatic carbocycles. The van der Waals surface area contributed by atoms with Crippen LogP contribution < -0.4 is 0 Å². The molecule has 31 heavy (non-hydrogen) atoms. The van der Waals surface area contributed by atoms with E-state index in [9.17, 15) is 13.6 Å². The third-order valence-electron chi connectivity index (χ3n) is 4.97. The molecule has 0 spiro atoms. The minimum absolute atomic E-state index is 0.0382. The fourth-order valence-electron chi connectivity index (χ4n) is 2.90. The minimum atomic E-state index is -0.328. The second kappa shape index (κ2) is 10.0. The molecule has 0 aliphatic rings. The highest BCUT2D eigenvalue weighted by molar-refractivity contribution is 7.99. The van der Waals surface area contributed by atoms with E-state index in [-0.39, 0.29) is 29.3 Å². The van der Waals surface area contributed by atoms with Crippen LogP contribution in [0, 0.1) is 11.6 Å². The maximum absolute atomic E-state index is 13.4. The molecular formula is C22H25F2N5OS. The van der Waals surface area contributed by atoms with Gasteiger partial charge in [0, 0.05) is 19.3 Å². The van der Waals surface area contributed by atoms with Gasteiger partial charge in [0.1, 0.15) is 11.6 Å². The van der Waals surface area contributed by atoms with E-state index in [2.05, 4.69) is 10.2 Å². The van der Waals surface area contributed by atoms with Gasteiger partial charge in [-0.15, -0.1) is 10.2 Å². The van der Waals surface area contributed by atoms with E-state index in [1.807, 2.05) is 30.5 Å². The monoisotopic (exact) mass is 445 g/mol. The lowest BCUT2D eigenvalue weighted by atomic mass is 10.2. The van der Waals surface area contributed by atoms with Gasteiger partial charge in [0.25, 0.3) is 0 Å². The highest BCUT2D eigenvalue weighted by atomic mass is 32.2. The summed E-state index contributed by atoms with van der Waals surface area (Å²) in [5.41, 5.74) is 1.57. The van der Waals surface area contributed by atoms with Crippen molar-refractivity contribution < 1.29 is 13.6 Å². The third-order valence-corrected chi connectivity index (χ3v) is 5.89. The summed E-state index contributed by atoms with van der Waals surface area (Å²) in [6, 6.07) is 12.1. The van der Waals surface area contributed by atoms with Crippen LogP contribution in [-0.4, -0.2) is 57.4 Å². The quantitative estimate of drug-likeness (QED) is 0.492. The molecule has 3 rings (SSSR count). The highest BCUT2D eigenvalue weighted by Gasteiger charge is 2.22. The second-order valence-electron chi connectivity index (χ2n) is 7.46. The number of thioether (sulfide) groups is 1. The van der Waals surface area contributed by atoms with Crippen molar-refractivity contribution in [3.63, 3.8) is 0 Å². The zero-order chi connectivity index (χ0) is 22.5. The van der Waals surface area contributed by atoms with Gasteiger partial charge in [0.15, 0.2) is 11.0 Å². The Balaban J connectivity index is 1.76. The smallest absolute Gasteiger partial charge is 0.233 e. The van der Waals surface area contributed by atoms with Gasteiger partial charge < -0.3 is 4.90 Å². The van der Waals surface area contributed by atoms with Gasteiger partial charge in [-0.05, 0) is 63.0 Å². The molecule has 0 saturated heterocycles. The summed E-state index contributed by atoms with van der Waals surface area (Å²) in [5, 5.41) is 9.17. The van der Waals surface area contributed by atoms with E-state index < -0.39 is 0 Å². The lowest BCUT2D eigenvalue weighted by molar-refractivity contribution is -0.127. The van der Waals surface area contributed by atoms with Crippen molar-refractivity contribution in [1.29, 1.82) is 0 Å². The van der Waals surface area contributed by atoms with Gasteiger partial charge in [-0.2, -0.15) is 0 Å². The molecule has 3 aromatic rings. The number of carbonyl (C=O) groups excluding carboxylic acids is 1. The van der Waals surface area contributed by atoms with Gasteiger partial charge in [-0.1, -0.05) is 23.9 Å². The molecule has 0 radical (unpaired) electrons. The van der Waals surface area contributed by atoms with E-state index >= 15 is 0 Å². The van der Waals surface area contributed by atoms with Crippen LogP contribution in [0.25, 0.3) is 5.69 Å². The van der Waals surface area contributed by atoms with E-state index in [1.165, 1.54) is 36.0 Å². The van der Waals surface area contributed by atoms with Crippen LogP contribution in [0.5, 0.6) is 0 Å². The van der Waals surface area contributed by atoms with Crippen molar-refractivity contribution in [2.24, 2.45) is 0 Å². The molecule has 0 saturated carbocycles. The number of rotatable bonds is 8. The standard InChI is InChI=1S/C22H25F2N5OS/c1-15(27(2)3)21-25-26-22(29(21)19-11-9-18(24)10-12-19)31-14-20(30)28(4)13-16-5-7-17(23)8-6-16/h5-12,15H,13-14H2,1-4H3. The average Bonchev–Trinajstić information content (AvgIpc) is 3.17. The molecule has 1 atom stereocenters. The Morgan fingerprint density at radius 1 is 1.00 bits per heavy atom. The summed E-state index contributed by atoms with van der Waals surface area (Å²) in [7, 11) is 5.58. The third kappa shape index (κ3) is 5.68. The largest absolute Gasteiger partial charge is 0.341 e. The Morgan fingerprint density at radius 3 is 2.16 bits per heavy atom. The summed E-state index contributed by atoms with van der Waals surface area (Å²) < 4.78 is 28.4. The molecule has 0 bridgehead atoms. The maximum atomic E-state index is 13.4. The minimum Gasteiger partial charge on any atom is -0.341 e. The number of benzene rings is 2.